The summed E-state index contributed by atoms with van der Waals surface area (Å²) in [6.45, 7) is 5.65. The number of aromatic nitrogens is 3. The maximum atomic E-state index is 14.0. The van der Waals surface area contributed by atoms with Crippen molar-refractivity contribution in [3.8, 4) is 0 Å². The molecule has 7 nitrogen and oxygen atoms in total. The fraction of sp³-hybridized carbons (Fsp3) is 0.407. The zero-order valence-corrected chi connectivity index (χ0v) is 22.1. The highest BCUT2D eigenvalue weighted by atomic mass is 35.5. The molecule has 10 heteroatoms. The largest absolute Gasteiger partial charge is 0.384 e. The van der Waals surface area contributed by atoms with Crippen molar-refractivity contribution in [3.63, 3.8) is 0 Å². The van der Waals surface area contributed by atoms with Gasteiger partial charge in [-0.15, -0.1) is 10.2 Å². The lowest BCUT2D eigenvalue weighted by Crippen LogP contribution is -2.57. The van der Waals surface area contributed by atoms with Crippen molar-refractivity contribution in [3.05, 3.63) is 82.0 Å². The Morgan fingerprint density at radius 1 is 0.973 bits per heavy atom. The lowest BCUT2D eigenvalue weighted by atomic mass is 9.70. The van der Waals surface area contributed by atoms with Crippen LogP contribution in [0.2, 0.25) is 10.2 Å². The smallest absolute Gasteiger partial charge is 0.228 e. The minimum absolute atomic E-state index is 0.0163. The van der Waals surface area contributed by atoms with Gasteiger partial charge < -0.3 is 14.9 Å². The molecular weight excluding hydrogens is 516 g/mol. The van der Waals surface area contributed by atoms with E-state index in [1.165, 1.54) is 12.3 Å². The van der Waals surface area contributed by atoms with Crippen molar-refractivity contribution in [1.82, 2.24) is 20.1 Å². The van der Waals surface area contributed by atoms with Crippen LogP contribution in [-0.2, 0) is 10.4 Å². The molecule has 2 aliphatic rings. The molecule has 5 atom stereocenters. The first-order valence-electron chi connectivity index (χ1n) is 12.3. The van der Waals surface area contributed by atoms with E-state index in [1.807, 2.05) is 35.8 Å². The lowest BCUT2D eigenvalue weighted by Gasteiger charge is -2.48. The number of hydrogen-bond acceptors (Lipinski definition) is 6. The summed E-state index contributed by atoms with van der Waals surface area (Å²) >= 11 is 12.0. The Hall–Kier alpha value is -2.81. The number of nitrogens with zero attached hydrogens (tertiary/aromatic N) is 5. The van der Waals surface area contributed by atoms with E-state index in [0.717, 1.165) is 5.56 Å². The van der Waals surface area contributed by atoms with Crippen molar-refractivity contribution in [2.24, 2.45) is 17.8 Å². The maximum absolute atomic E-state index is 14.0. The number of pyridine rings is 1. The van der Waals surface area contributed by atoms with Crippen LogP contribution in [0.5, 0.6) is 0 Å². The highest BCUT2D eigenvalue weighted by Gasteiger charge is 2.49. The molecule has 2 fully saturated rings. The van der Waals surface area contributed by atoms with Gasteiger partial charge in [0.05, 0.1) is 17.7 Å². The molecule has 2 aromatic heterocycles. The topological polar surface area (TPSA) is 82.5 Å². The number of halogens is 3. The number of anilines is 1. The zero-order chi connectivity index (χ0) is 26.3. The van der Waals surface area contributed by atoms with Crippen LogP contribution in [-0.4, -0.2) is 57.3 Å². The first-order chi connectivity index (χ1) is 17.7. The number of piperidine rings is 1. The van der Waals surface area contributed by atoms with Gasteiger partial charge in [-0.2, -0.15) is 0 Å². The monoisotopic (exact) mass is 543 g/mol. The van der Waals surface area contributed by atoms with Gasteiger partial charge in [-0.05, 0) is 42.0 Å². The Balaban J connectivity index is 1.40. The molecule has 37 heavy (non-hydrogen) atoms. The second-order valence-electron chi connectivity index (χ2n) is 10.1. The molecular formula is C27H28Cl2FN5O2. The molecule has 0 saturated carbocycles. The maximum Gasteiger partial charge on any atom is 0.228 e. The average Bonchev–Trinajstić information content (AvgIpc) is 3.33. The normalized spacial score (nSPS) is 27.9. The second kappa shape index (κ2) is 10.2. The van der Waals surface area contributed by atoms with Gasteiger partial charge >= 0.3 is 0 Å². The van der Waals surface area contributed by atoms with E-state index in [1.54, 1.807) is 30.3 Å². The molecule has 5 rings (SSSR count). The number of benzene rings is 1. The molecule has 4 heterocycles. The summed E-state index contributed by atoms with van der Waals surface area (Å²) in [4.78, 5) is 22.1. The average molecular weight is 544 g/mol. The Morgan fingerprint density at radius 2 is 1.68 bits per heavy atom. The molecule has 0 unspecified atom stereocenters. The molecule has 1 amide bonds. The molecule has 3 aromatic rings. The summed E-state index contributed by atoms with van der Waals surface area (Å²) in [7, 11) is 0. The van der Waals surface area contributed by atoms with Gasteiger partial charge in [0.1, 0.15) is 5.82 Å². The van der Waals surface area contributed by atoms with E-state index in [2.05, 4.69) is 15.2 Å². The van der Waals surface area contributed by atoms with Crippen LogP contribution >= 0.6 is 23.2 Å². The molecule has 0 aliphatic carbocycles. The number of aliphatic hydroxyl groups is 1. The molecule has 0 radical (unpaired) electrons. The summed E-state index contributed by atoms with van der Waals surface area (Å²) in [6.07, 6.45) is 1.18. The van der Waals surface area contributed by atoms with Crippen LogP contribution in [0.3, 0.4) is 0 Å². The third-order valence-corrected chi connectivity index (χ3v) is 8.27. The van der Waals surface area contributed by atoms with Crippen LogP contribution in [0.4, 0.5) is 10.2 Å². The third kappa shape index (κ3) is 4.90. The van der Waals surface area contributed by atoms with E-state index in [0.29, 0.717) is 42.7 Å². The first kappa shape index (κ1) is 25.8. The fourth-order valence-corrected chi connectivity index (χ4v) is 6.05. The minimum Gasteiger partial charge on any atom is -0.384 e. The number of carbonyl (C=O) groups excluding carboxylic acids is 1. The Kier molecular flexibility index (Phi) is 7.09. The minimum atomic E-state index is -1.08. The summed E-state index contributed by atoms with van der Waals surface area (Å²) in [5, 5.41) is 20.8. The summed E-state index contributed by atoms with van der Waals surface area (Å²) in [6, 6.07) is 13.7. The van der Waals surface area contributed by atoms with Gasteiger partial charge in [-0.25, -0.2) is 4.39 Å². The SMILES string of the molecule is C[C@@H]1CN(C(=O)[C@@H]2CN(c3ccc(Cl)nn3)C[C@H]2c2ccc(F)cn2)C[C@H](C)[C@]1(O)c1ccc(Cl)cc1. The molecule has 2 aliphatic heterocycles. The quantitative estimate of drug-likeness (QED) is 0.520. The third-order valence-electron chi connectivity index (χ3n) is 7.82. The highest BCUT2D eigenvalue weighted by Crippen LogP contribution is 2.43. The van der Waals surface area contributed by atoms with Crippen molar-refractivity contribution in [2.75, 3.05) is 31.1 Å². The highest BCUT2D eigenvalue weighted by molar-refractivity contribution is 6.30. The van der Waals surface area contributed by atoms with Crippen LogP contribution in [0, 0.1) is 23.6 Å². The molecule has 1 N–H and O–H groups in total. The number of carbonyl (C=O) groups is 1. The lowest BCUT2D eigenvalue weighted by molar-refractivity contribution is -0.152. The molecule has 194 valence electrons. The van der Waals surface area contributed by atoms with E-state index >= 15 is 0 Å². The predicted molar refractivity (Wildman–Crippen MR) is 140 cm³/mol. The number of amides is 1. The van der Waals surface area contributed by atoms with E-state index in [9.17, 15) is 14.3 Å². The summed E-state index contributed by atoms with van der Waals surface area (Å²) in [5.41, 5.74) is 0.366. The van der Waals surface area contributed by atoms with E-state index in [-0.39, 0.29) is 28.8 Å². The molecule has 2 saturated heterocycles. The second-order valence-corrected chi connectivity index (χ2v) is 10.9. The van der Waals surface area contributed by atoms with Crippen LogP contribution < -0.4 is 4.90 Å². The Labute approximate surface area is 225 Å². The Morgan fingerprint density at radius 3 is 2.27 bits per heavy atom. The number of likely N-dealkylation sites (tertiary alicyclic amines) is 1. The van der Waals surface area contributed by atoms with E-state index < -0.39 is 17.3 Å². The van der Waals surface area contributed by atoms with Crippen molar-refractivity contribution < 1.29 is 14.3 Å². The number of hydrogen-bond donors (Lipinski definition) is 1. The number of rotatable bonds is 4. The van der Waals surface area contributed by atoms with Crippen molar-refractivity contribution in [1.29, 1.82) is 0 Å². The van der Waals surface area contributed by atoms with E-state index in [4.69, 9.17) is 23.2 Å². The van der Waals surface area contributed by atoms with Gasteiger partial charge in [0.15, 0.2) is 11.0 Å². The van der Waals surface area contributed by atoms with Crippen LogP contribution in [0.25, 0.3) is 0 Å². The van der Waals surface area contributed by atoms with Gasteiger partial charge in [-0.3, -0.25) is 9.78 Å². The first-order valence-corrected chi connectivity index (χ1v) is 13.0. The van der Waals surface area contributed by atoms with Crippen molar-refractivity contribution in [2.45, 2.75) is 25.4 Å². The van der Waals surface area contributed by atoms with Gasteiger partial charge in [0, 0.05) is 54.6 Å². The van der Waals surface area contributed by atoms with Gasteiger partial charge in [-0.1, -0.05) is 49.2 Å². The summed E-state index contributed by atoms with van der Waals surface area (Å²) in [5.74, 6) is -0.913. The summed E-state index contributed by atoms with van der Waals surface area (Å²) < 4.78 is 13.6. The molecule has 0 spiro atoms. The van der Waals surface area contributed by atoms with Gasteiger partial charge in [0.25, 0.3) is 0 Å². The van der Waals surface area contributed by atoms with Crippen LogP contribution in [0.15, 0.2) is 54.7 Å². The predicted octanol–water partition coefficient (Wildman–Crippen LogP) is 4.54. The molecule has 1 aromatic carbocycles. The molecule has 0 bridgehead atoms. The van der Waals surface area contributed by atoms with Gasteiger partial charge in [0.2, 0.25) is 5.91 Å². The van der Waals surface area contributed by atoms with Crippen LogP contribution in [0.1, 0.15) is 31.0 Å². The van der Waals surface area contributed by atoms with Crippen molar-refractivity contribution >= 4 is 34.9 Å². The Bertz CT molecular complexity index is 1250. The standard InChI is InChI=1S/C27H28Cl2FN5O2/c1-16-12-35(13-17(2)27(16,37)18-3-5-19(28)6-4-18)26(36)22-15-34(25-10-9-24(29)32-33-25)14-21(22)23-8-7-20(30)11-31-23/h3-11,16-17,21-22,37H,12-15H2,1-2H3/t16-,17+,21-,22-,27+/m1/s1. The fourth-order valence-electron chi connectivity index (χ4n) is 5.83. The zero-order valence-electron chi connectivity index (χ0n) is 20.6.